The number of hydrogen-bond acceptors (Lipinski definition) is 4. The number of nitrogens with two attached hydrogens (primary N) is 1. The second kappa shape index (κ2) is 6.23. The summed E-state index contributed by atoms with van der Waals surface area (Å²) in [5, 5.41) is 0. The number of benzene rings is 1. The molecule has 0 radical (unpaired) electrons. The molecule has 2 aromatic rings. The number of carbonyl (C=O) groups is 1. The quantitative estimate of drug-likeness (QED) is 0.921. The predicted molar refractivity (Wildman–Crippen MR) is 85.2 cm³/mol. The number of nitrogens with zero attached hydrogens (tertiary/aromatic N) is 3. The molecule has 1 aromatic heterocycles. The summed E-state index contributed by atoms with van der Waals surface area (Å²) >= 11 is 0. The Balaban J connectivity index is 1.96. The van der Waals surface area contributed by atoms with Crippen molar-refractivity contribution in [2.75, 3.05) is 6.54 Å². The second-order valence-electron chi connectivity index (χ2n) is 5.76. The summed E-state index contributed by atoms with van der Waals surface area (Å²) in [7, 11) is 0. The highest BCUT2D eigenvalue weighted by atomic mass is 16.2. The Morgan fingerprint density at radius 3 is 2.68 bits per heavy atom. The van der Waals surface area contributed by atoms with Crippen LogP contribution in [0, 0.1) is 0 Å². The molecule has 2 unspecified atom stereocenters. The largest absolute Gasteiger partial charge is 0.334 e. The molecule has 1 saturated heterocycles. The van der Waals surface area contributed by atoms with Gasteiger partial charge in [-0.2, -0.15) is 0 Å². The van der Waals surface area contributed by atoms with Gasteiger partial charge < -0.3 is 10.6 Å². The van der Waals surface area contributed by atoms with Gasteiger partial charge in [0.2, 0.25) is 0 Å². The van der Waals surface area contributed by atoms with Gasteiger partial charge in [0, 0.05) is 36.6 Å². The van der Waals surface area contributed by atoms with Crippen LogP contribution in [0.5, 0.6) is 0 Å². The molecule has 0 spiro atoms. The summed E-state index contributed by atoms with van der Waals surface area (Å²) in [6.07, 6.45) is 5.28. The average molecular weight is 296 g/mol. The van der Waals surface area contributed by atoms with E-state index in [0.29, 0.717) is 17.9 Å². The Bertz CT molecular complexity index is 659. The normalized spacial score (nSPS) is 21.6. The summed E-state index contributed by atoms with van der Waals surface area (Å²) < 4.78 is 0. The van der Waals surface area contributed by atoms with Crippen LogP contribution in [0.4, 0.5) is 0 Å². The van der Waals surface area contributed by atoms with Crippen molar-refractivity contribution in [1.29, 1.82) is 0 Å². The number of likely N-dealkylation sites (tertiary alicyclic amines) is 1. The van der Waals surface area contributed by atoms with Gasteiger partial charge in [0.05, 0.1) is 5.56 Å². The maximum atomic E-state index is 13.0. The number of amides is 1. The van der Waals surface area contributed by atoms with Gasteiger partial charge in [0.15, 0.2) is 5.82 Å². The van der Waals surface area contributed by atoms with E-state index in [9.17, 15) is 4.79 Å². The number of piperidine rings is 1. The van der Waals surface area contributed by atoms with Crippen LogP contribution in [0.3, 0.4) is 0 Å². The first-order valence-electron chi connectivity index (χ1n) is 7.60. The zero-order valence-corrected chi connectivity index (χ0v) is 12.6. The SMILES string of the molecule is CC1CCC(N)CN1C(=O)c1ccccc1-c1ncccn1. The summed E-state index contributed by atoms with van der Waals surface area (Å²) in [6, 6.07) is 9.51. The molecule has 5 heteroatoms. The lowest BCUT2D eigenvalue weighted by Gasteiger charge is -2.37. The maximum Gasteiger partial charge on any atom is 0.254 e. The van der Waals surface area contributed by atoms with Gasteiger partial charge in [-0.3, -0.25) is 4.79 Å². The van der Waals surface area contributed by atoms with Gasteiger partial charge in [0.25, 0.3) is 5.91 Å². The van der Waals surface area contributed by atoms with E-state index in [1.54, 1.807) is 18.5 Å². The van der Waals surface area contributed by atoms with Crippen molar-refractivity contribution in [3.8, 4) is 11.4 Å². The van der Waals surface area contributed by atoms with Gasteiger partial charge in [0.1, 0.15) is 0 Å². The average Bonchev–Trinajstić information content (AvgIpc) is 2.57. The molecule has 0 saturated carbocycles. The number of aromatic nitrogens is 2. The first-order chi connectivity index (χ1) is 10.7. The predicted octanol–water partition coefficient (Wildman–Crippen LogP) is 2.10. The maximum absolute atomic E-state index is 13.0. The Morgan fingerprint density at radius 1 is 1.18 bits per heavy atom. The smallest absolute Gasteiger partial charge is 0.254 e. The molecule has 0 aliphatic carbocycles. The van der Waals surface area contributed by atoms with E-state index in [4.69, 9.17) is 5.73 Å². The van der Waals surface area contributed by atoms with Crippen molar-refractivity contribution >= 4 is 5.91 Å². The second-order valence-corrected chi connectivity index (χ2v) is 5.76. The van der Waals surface area contributed by atoms with Crippen LogP contribution in [0.25, 0.3) is 11.4 Å². The van der Waals surface area contributed by atoms with Gasteiger partial charge in [-0.05, 0) is 31.9 Å². The zero-order valence-electron chi connectivity index (χ0n) is 12.6. The first kappa shape index (κ1) is 14.7. The van der Waals surface area contributed by atoms with Crippen LogP contribution in [0.1, 0.15) is 30.1 Å². The van der Waals surface area contributed by atoms with E-state index in [2.05, 4.69) is 16.9 Å². The van der Waals surface area contributed by atoms with E-state index in [1.807, 2.05) is 29.2 Å². The molecule has 2 heterocycles. The van der Waals surface area contributed by atoms with Gasteiger partial charge in [-0.25, -0.2) is 9.97 Å². The minimum absolute atomic E-state index is 0.00528. The van der Waals surface area contributed by atoms with Crippen molar-refractivity contribution in [3.63, 3.8) is 0 Å². The van der Waals surface area contributed by atoms with Crippen LogP contribution in [-0.2, 0) is 0 Å². The molecule has 2 atom stereocenters. The van der Waals surface area contributed by atoms with E-state index in [-0.39, 0.29) is 18.0 Å². The molecule has 2 N–H and O–H groups in total. The van der Waals surface area contributed by atoms with Crippen LogP contribution >= 0.6 is 0 Å². The fourth-order valence-corrected chi connectivity index (χ4v) is 2.88. The molecule has 1 aliphatic rings. The minimum atomic E-state index is 0.00528. The molecular formula is C17H20N4O. The van der Waals surface area contributed by atoms with Crippen LogP contribution in [0.2, 0.25) is 0 Å². The summed E-state index contributed by atoms with van der Waals surface area (Å²) in [5.41, 5.74) is 7.43. The summed E-state index contributed by atoms with van der Waals surface area (Å²) in [6.45, 7) is 2.68. The monoisotopic (exact) mass is 296 g/mol. The zero-order chi connectivity index (χ0) is 15.5. The first-order valence-corrected chi connectivity index (χ1v) is 7.60. The third-order valence-corrected chi connectivity index (χ3v) is 4.14. The highest BCUT2D eigenvalue weighted by molar-refractivity contribution is 6.00. The Morgan fingerprint density at radius 2 is 1.91 bits per heavy atom. The van der Waals surface area contributed by atoms with Gasteiger partial charge in [-0.1, -0.05) is 18.2 Å². The van der Waals surface area contributed by atoms with Gasteiger partial charge >= 0.3 is 0 Å². The van der Waals surface area contributed by atoms with E-state index in [0.717, 1.165) is 18.4 Å². The molecule has 5 nitrogen and oxygen atoms in total. The lowest BCUT2D eigenvalue weighted by Crippen LogP contribution is -2.50. The number of rotatable bonds is 2. The van der Waals surface area contributed by atoms with Crippen molar-refractivity contribution in [2.45, 2.75) is 31.8 Å². The lowest BCUT2D eigenvalue weighted by molar-refractivity contribution is 0.0613. The minimum Gasteiger partial charge on any atom is -0.334 e. The molecule has 0 bridgehead atoms. The standard InChI is InChI=1S/C17H20N4O/c1-12-7-8-13(18)11-21(12)17(22)15-6-3-2-5-14(15)16-19-9-4-10-20-16/h2-6,9-10,12-13H,7-8,11,18H2,1H3. The van der Waals surface area contributed by atoms with Crippen molar-refractivity contribution < 1.29 is 4.79 Å². The fourth-order valence-electron chi connectivity index (χ4n) is 2.88. The molecule has 22 heavy (non-hydrogen) atoms. The molecule has 1 aliphatic heterocycles. The molecule has 1 amide bonds. The molecule has 1 fully saturated rings. The topological polar surface area (TPSA) is 72.1 Å². The highest BCUT2D eigenvalue weighted by Gasteiger charge is 2.29. The van der Waals surface area contributed by atoms with Crippen LogP contribution in [-0.4, -0.2) is 39.4 Å². The summed E-state index contributed by atoms with van der Waals surface area (Å²) in [5.74, 6) is 0.575. The Labute approximate surface area is 130 Å². The Kier molecular flexibility index (Phi) is 4.15. The molecule has 1 aromatic carbocycles. The third-order valence-electron chi connectivity index (χ3n) is 4.14. The Hall–Kier alpha value is -2.27. The summed E-state index contributed by atoms with van der Waals surface area (Å²) in [4.78, 5) is 23.4. The third kappa shape index (κ3) is 2.85. The number of carbonyl (C=O) groups excluding carboxylic acids is 1. The lowest BCUT2D eigenvalue weighted by atomic mass is 9.97. The van der Waals surface area contributed by atoms with Crippen molar-refractivity contribution in [3.05, 3.63) is 48.3 Å². The van der Waals surface area contributed by atoms with Crippen molar-refractivity contribution in [2.24, 2.45) is 5.73 Å². The highest BCUT2D eigenvalue weighted by Crippen LogP contribution is 2.24. The van der Waals surface area contributed by atoms with Crippen LogP contribution < -0.4 is 5.73 Å². The number of hydrogen-bond donors (Lipinski definition) is 1. The van der Waals surface area contributed by atoms with E-state index < -0.39 is 0 Å². The molecule has 3 rings (SSSR count). The van der Waals surface area contributed by atoms with E-state index in [1.165, 1.54) is 0 Å². The molecule has 114 valence electrons. The fraction of sp³-hybridized carbons (Fsp3) is 0.353. The van der Waals surface area contributed by atoms with Crippen molar-refractivity contribution in [1.82, 2.24) is 14.9 Å². The molecular weight excluding hydrogens is 276 g/mol. The van der Waals surface area contributed by atoms with Crippen LogP contribution in [0.15, 0.2) is 42.7 Å². The van der Waals surface area contributed by atoms with Gasteiger partial charge in [-0.15, -0.1) is 0 Å². The van der Waals surface area contributed by atoms with E-state index >= 15 is 0 Å².